The van der Waals surface area contributed by atoms with Crippen molar-refractivity contribution < 1.29 is 14.7 Å². The number of aromatic nitrogens is 1. The Morgan fingerprint density at radius 2 is 2.10 bits per heavy atom. The van der Waals surface area contributed by atoms with E-state index in [9.17, 15) is 14.7 Å². The minimum absolute atomic E-state index is 0.305. The maximum Gasteiger partial charge on any atom is 0.329 e. The average Bonchev–Trinajstić information content (AvgIpc) is 2.81. The molecule has 0 aliphatic heterocycles. The third-order valence-electron chi connectivity index (χ3n) is 3.40. The molecule has 0 saturated heterocycles. The number of carboxylic acid groups (broad SMARTS) is 1. The fraction of sp³-hybridized carbons (Fsp3) is 0.286. The molecule has 1 aromatic heterocycles. The fourth-order valence-corrected chi connectivity index (χ4v) is 2.19. The van der Waals surface area contributed by atoms with Gasteiger partial charge in [-0.05, 0) is 31.5 Å². The molecule has 0 bridgehead atoms. The SMILES string of the molecule is CCC(C)(NC(=O)c1cc2ccc(Br)cc2[nH]1)C(=O)O. The van der Waals surface area contributed by atoms with Gasteiger partial charge in [0.1, 0.15) is 11.2 Å². The number of rotatable bonds is 4. The zero-order valence-corrected chi connectivity index (χ0v) is 12.7. The van der Waals surface area contributed by atoms with Crippen LogP contribution >= 0.6 is 15.9 Å². The van der Waals surface area contributed by atoms with Crippen molar-refractivity contribution in [3.8, 4) is 0 Å². The zero-order chi connectivity index (χ0) is 14.9. The number of benzene rings is 1. The van der Waals surface area contributed by atoms with Crippen molar-refractivity contribution in [3.05, 3.63) is 34.4 Å². The van der Waals surface area contributed by atoms with Crippen molar-refractivity contribution in [2.75, 3.05) is 0 Å². The minimum Gasteiger partial charge on any atom is -0.480 e. The number of nitrogens with one attached hydrogen (secondary N) is 2. The highest BCUT2D eigenvalue weighted by Gasteiger charge is 2.33. The molecule has 1 unspecified atom stereocenters. The van der Waals surface area contributed by atoms with Crippen LogP contribution in [-0.2, 0) is 4.79 Å². The van der Waals surface area contributed by atoms with Gasteiger partial charge in [0, 0.05) is 15.4 Å². The van der Waals surface area contributed by atoms with Crippen molar-refractivity contribution in [1.82, 2.24) is 10.3 Å². The van der Waals surface area contributed by atoms with E-state index in [1.54, 1.807) is 13.0 Å². The number of fused-ring (bicyclic) bond motifs is 1. The van der Waals surface area contributed by atoms with Crippen LogP contribution in [0.3, 0.4) is 0 Å². The summed E-state index contributed by atoms with van der Waals surface area (Å²) < 4.78 is 0.905. The smallest absolute Gasteiger partial charge is 0.329 e. The summed E-state index contributed by atoms with van der Waals surface area (Å²) in [5.74, 6) is -1.48. The number of aromatic amines is 1. The fourth-order valence-electron chi connectivity index (χ4n) is 1.83. The molecule has 6 heteroatoms. The third kappa shape index (κ3) is 2.70. The van der Waals surface area contributed by atoms with Crippen LogP contribution in [0.25, 0.3) is 10.9 Å². The molecule has 5 nitrogen and oxygen atoms in total. The summed E-state index contributed by atoms with van der Waals surface area (Å²) in [6, 6.07) is 7.32. The lowest BCUT2D eigenvalue weighted by Gasteiger charge is -2.24. The van der Waals surface area contributed by atoms with E-state index in [2.05, 4.69) is 26.2 Å². The Morgan fingerprint density at radius 1 is 1.40 bits per heavy atom. The maximum absolute atomic E-state index is 12.2. The highest BCUT2D eigenvalue weighted by molar-refractivity contribution is 9.10. The molecule has 0 spiro atoms. The van der Waals surface area contributed by atoms with Crippen molar-refractivity contribution in [2.45, 2.75) is 25.8 Å². The summed E-state index contributed by atoms with van der Waals surface area (Å²) in [4.78, 5) is 26.4. The summed E-state index contributed by atoms with van der Waals surface area (Å²) in [7, 11) is 0. The number of hydrogen-bond donors (Lipinski definition) is 3. The second-order valence-corrected chi connectivity index (χ2v) is 5.78. The van der Waals surface area contributed by atoms with Crippen LogP contribution in [0.5, 0.6) is 0 Å². The quantitative estimate of drug-likeness (QED) is 0.801. The second-order valence-electron chi connectivity index (χ2n) is 4.86. The van der Waals surface area contributed by atoms with E-state index in [-0.39, 0.29) is 0 Å². The zero-order valence-electron chi connectivity index (χ0n) is 11.2. The molecule has 0 fully saturated rings. The lowest BCUT2D eigenvalue weighted by molar-refractivity contribution is -0.143. The number of amides is 1. The number of carboxylic acids is 1. The molecule has 0 aliphatic rings. The van der Waals surface area contributed by atoms with E-state index in [1.165, 1.54) is 6.92 Å². The van der Waals surface area contributed by atoms with Crippen LogP contribution in [0.4, 0.5) is 0 Å². The van der Waals surface area contributed by atoms with Crippen molar-refractivity contribution >= 4 is 38.7 Å². The van der Waals surface area contributed by atoms with Crippen LogP contribution < -0.4 is 5.32 Å². The van der Waals surface area contributed by atoms with Crippen LogP contribution in [0.2, 0.25) is 0 Å². The molecule has 0 radical (unpaired) electrons. The van der Waals surface area contributed by atoms with Crippen molar-refractivity contribution in [1.29, 1.82) is 0 Å². The molecule has 1 heterocycles. The van der Waals surface area contributed by atoms with E-state index < -0.39 is 17.4 Å². The van der Waals surface area contributed by atoms with Crippen LogP contribution in [0.1, 0.15) is 30.8 Å². The van der Waals surface area contributed by atoms with Gasteiger partial charge in [0.2, 0.25) is 0 Å². The Morgan fingerprint density at radius 3 is 2.70 bits per heavy atom. The van der Waals surface area contributed by atoms with Crippen LogP contribution in [0.15, 0.2) is 28.7 Å². The van der Waals surface area contributed by atoms with Crippen molar-refractivity contribution in [2.24, 2.45) is 0 Å². The normalized spacial score (nSPS) is 13.9. The Hall–Kier alpha value is -1.82. The minimum atomic E-state index is -1.27. The lowest BCUT2D eigenvalue weighted by atomic mass is 9.99. The molecule has 3 N–H and O–H groups in total. The molecule has 0 saturated carbocycles. The van der Waals surface area contributed by atoms with E-state index in [0.29, 0.717) is 12.1 Å². The van der Waals surface area contributed by atoms with Gasteiger partial charge >= 0.3 is 5.97 Å². The number of hydrogen-bond acceptors (Lipinski definition) is 2. The largest absolute Gasteiger partial charge is 0.480 e. The van der Waals surface area contributed by atoms with Gasteiger partial charge in [-0.1, -0.05) is 28.9 Å². The van der Waals surface area contributed by atoms with Gasteiger partial charge in [0.25, 0.3) is 5.91 Å². The first kappa shape index (κ1) is 14.6. The van der Waals surface area contributed by atoms with Gasteiger partial charge in [0.05, 0.1) is 0 Å². The number of aliphatic carboxylic acids is 1. The monoisotopic (exact) mass is 338 g/mol. The van der Waals surface area contributed by atoms with Gasteiger partial charge in [-0.25, -0.2) is 4.79 Å². The topological polar surface area (TPSA) is 82.2 Å². The summed E-state index contributed by atoms with van der Waals surface area (Å²) in [5, 5.41) is 12.6. The Kier molecular flexibility index (Phi) is 3.85. The van der Waals surface area contributed by atoms with Crippen molar-refractivity contribution in [3.63, 3.8) is 0 Å². The molecular formula is C14H15BrN2O3. The molecular weight excluding hydrogens is 324 g/mol. The number of H-pyrrole nitrogens is 1. The standard InChI is InChI=1S/C14H15BrN2O3/c1-3-14(2,13(19)20)17-12(18)11-6-8-4-5-9(15)7-10(8)16-11/h4-7,16H,3H2,1-2H3,(H,17,18)(H,19,20). The average molecular weight is 339 g/mol. The molecule has 1 aromatic carbocycles. The van der Waals surface area contributed by atoms with E-state index >= 15 is 0 Å². The van der Waals surface area contributed by atoms with Gasteiger partial charge < -0.3 is 15.4 Å². The first-order valence-corrected chi connectivity index (χ1v) is 6.99. The van der Waals surface area contributed by atoms with Crippen LogP contribution in [-0.4, -0.2) is 27.5 Å². The van der Waals surface area contributed by atoms with E-state index in [0.717, 1.165) is 15.4 Å². The molecule has 106 valence electrons. The predicted octanol–water partition coefficient (Wildman–Crippen LogP) is 2.91. The maximum atomic E-state index is 12.2. The van der Waals surface area contributed by atoms with E-state index in [1.807, 2.05) is 18.2 Å². The molecule has 1 amide bonds. The number of carbonyl (C=O) groups excluding carboxylic acids is 1. The lowest BCUT2D eigenvalue weighted by Crippen LogP contribution is -2.51. The van der Waals surface area contributed by atoms with Gasteiger partial charge in [0.15, 0.2) is 0 Å². The first-order chi connectivity index (χ1) is 9.35. The van der Waals surface area contributed by atoms with Crippen LogP contribution in [0, 0.1) is 0 Å². The number of halogens is 1. The van der Waals surface area contributed by atoms with Gasteiger partial charge in [-0.2, -0.15) is 0 Å². The summed E-state index contributed by atoms with van der Waals surface area (Å²) in [6.45, 7) is 3.21. The highest BCUT2D eigenvalue weighted by Crippen LogP contribution is 2.21. The third-order valence-corrected chi connectivity index (χ3v) is 3.89. The Labute approximate surface area is 124 Å². The van der Waals surface area contributed by atoms with Gasteiger partial charge in [-0.3, -0.25) is 4.79 Å². The summed E-state index contributed by atoms with van der Waals surface area (Å²) in [5.41, 5.74) is -0.105. The summed E-state index contributed by atoms with van der Waals surface area (Å²) in [6.07, 6.45) is 0.305. The molecule has 20 heavy (non-hydrogen) atoms. The Balaban J connectivity index is 2.29. The van der Waals surface area contributed by atoms with E-state index in [4.69, 9.17) is 0 Å². The molecule has 1 atom stereocenters. The first-order valence-electron chi connectivity index (χ1n) is 6.20. The highest BCUT2D eigenvalue weighted by atomic mass is 79.9. The molecule has 2 aromatic rings. The predicted molar refractivity (Wildman–Crippen MR) is 79.8 cm³/mol. The Bertz CT molecular complexity index is 680. The second kappa shape index (κ2) is 5.28. The molecule has 2 rings (SSSR count). The van der Waals surface area contributed by atoms with Gasteiger partial charge in [-0.15, -0.1) is 0 Å². The number of carbonyl (C=O) groups is 2. The summed E-state index contributed by atoms with van der Waals surface area (Å²) >= 11 is 3.36. The molecule has 0 aliphatic carbocycles.